The summed E-state index contributed by atoms with van der Waals surface area (Å²) in [5, 5.41) is 0. The highest BCUT2D eigenvalue weighted by Gasteiger charge is 2.34. The van der Waals surface area contributed by atoms with Crippen LogP contribution >= 0.6 is 0 Å². The number of carbonyl (C=O) groups excluding carboxylic acids is 2. The van der Waals surface area contributed by atoms with Crippen molar-refractivity contribution in [2.75, 3.05) is 39.3 Å². The summed E-state index contributed by atoms with van der Waals surface area (Å²) < 4.78 is 125. The largest absolute Gasteiger partial charge is 0.443 e. The third kappa shape index (κ3) is 15.8. The molecule has 0 bridgehead atoms. The van der Waals surface area contributed by atoms with Crippen LogP contribution < -0.4 is 0 Å². The Morgan fingerprint density at radius 3 is 1.04 bits per heavy atom. The Hall–Kier alpha value is -6.00. The number of sulfonamides is 4. The second kappa shape index (κ2) is 23.3. The second-order valence-corrected chi connectivity index (χ2v) is 25.6. The number of amides is 2. The van der Waals surface area contributed by atoms with Gasteiger partial charge in [-0.1, -0.05) is 107 Å². The van der Waals surface area contributed by atoms with Gasteiger partial charge in [-0.25, -0.2) is 43.3 Å². The molecule has 0 aliphatic rings. The molecule has 0 spiro atoms. The van der Waals surface area contributed by atoms with Gasteiger partial charge < -0.3 is 9.47 Å². The lowest BCUT2D eigenvalue weighted by Crippen LogP contribution is -2.41. The Morgan fingerprint density at radius 2 is 0.686 bits per heavy atom. The van der Waals surface area contributed by atoms with Gasteiger partial charge in [0.2, 0.25) is 20.0 Å². The standard InChI is InChI=1S/C50H60N4O12S4/c1-39-17-25-43(26-18-39)67(57,58)51(35-13-15-37-53(47(55)65-49(5,6)7)69(61,62)45-29-21-41(3)22-30-45)33-11-12-34-52(68(59,60)44-27-19-40(2)20-28-44)36-14-16-38-54(48(56)66-50(8,9)10)70(63,64)46-31-23-42(4)24-32-46/h13,15,17-32H,33-38H2,1-10H3/b15-13+. The first-order chi connectivity index (χ1) is 32.4. The number of aryl methyl sites for hydroxylation is 4. The normalized spacial score (nSPS) is 12.5. The van der Waals surface area contributed by atoms with Gasteiger partial charge in [0.1, 0.15) is 17.7 Å². The van der Waals surface area contributed by atoms with Crippen LogP contribution in [0.1, 0.15) is 63.8 Å². The highest BCUT2D eigenvalue weighted by molar-refractivity contribution is 7.90. The average molecular weight is 1040 g/mol. The molecule has 4 rings (SSSR count). The molecule has 0 radical (unpaired) electrons. The fraction of sp³-hybridized carbons (Fsp3) is 0.360. The summed E-state index contributed by atoms with van der Waals surface area (Å²) in [7, 11) is -17.5. The van der Waals surface area contributed by atoms with Gasteiger partial charge >= 0.3 is 12.2 Å². The summed E-state index contributed by atoms with van der Waals surface area (Å²) in [6.07, 6.45) is 0.338. The van der Waals surface area contributed by atoms with E-state index in [2.05, 4.69) is 23.7 Å². The van der Waals surface area contributed by atoms with E-state index in [9.17, 15) is 43.3 Å². The molecule has 0 N–H and O–H groups in total. The molecule has 376 valence electrons. The summed E-state index contributed by atoms with van der Waals surface area (Å²) in [6, 6.07) is 23.8. The first-order valence-electron chi connectivity index (χ1n) is 21.8. The van der Waals surface area contributed by atoms with Crippen molar-refractivity contribution < 1.29 is 52.7 Å². The van der Waals surface area contributed by atoms with E-state index < -0.39 is 96.2 Å². The molecule has 0 unspecified atom stereocenters. The second-order valence-electron chi connectivity index (χ2n) is 18.0. The molecule has 0 aliphatic carbocycles. The van der Waals surface area contributed by atoms with Crippen LogP contribution in [0.15, 0.2) is 129 Å². The Bertz CT molecular complexity index is 3100. The van der Waals surface area contributed by atoms with E-state index in [4.69, 9.17) is 9.47 Å². The molecule has 0 aromatic heterocycles. The zero-order valence-corrected chi connectivity index (χ0v) is 44.2. The minimum Gasteiger partial charge on any atom is -0.443 e. The first-order valence-corrected chi connectivity index (χ1v) is 27.6. The van der Waals surface area contributed by atoms with Crippen LogP contribution in [0.5, 0.6) is 0 Å². The van der Waals surface area contributed by atoms with E-state index >= 15 is 0 Å². The number of benzene rings is 4. The van der Waals surface area contributed by atoms with Gasteiger partial charge in [-0.3, -0.25) is 0 Å². The van der Waals surface area contributed by atoms with Crippen LogP contribution in [-0.4, -0.2) is 114 Å². The van der Waals surface area contributed by atoms with Gasteiger partial charge in [0.25, 0.3) is 20.0 Å². The summed E-state index contributed by atoms with van der Waals surface area (Å²) >= 11 is 0. The van der Waals surface area contributed by atoms with Crippen molar-refractivity contribution in [3.05, 3.63) is 131 Å². The molecule has 4 aromatic carbocycles. The van der Waals surface area contributed by atoms with E-state index in [0.717, 1.165) is 30.9 Å². The van der Waals surface area contributed by atoms with Crippen molar-refractivity contribution in [1.29, 1.82) is 0 Å². The van der Waals surface area contributed by atoms with Gasteiger partial charge in [-0.15, -0.1) is 0 Å². The molecule has 0 saturated carbocycles. The highest BCUT2D eigenvalue weighted by atomic mass is 32.2. The first kappa shape index (κ1) is 56.6. The summed E-state index contributed by atoms with van der Waals surface area (Å²) in [5.41, 5.74) is 1.05. The molecular formula is C50H60N4O12S4. The Kier molecular flexibility index (Phi) is 18.8. The lowest BCUT2D eigenvalue weighted by molar-refractivity contribution is 0.0392. The van der Waals surface area contributed by atoms with Crippen LogP contribution in [0.4, 0.5) is 9.59 Å². The van der Waals surface area contributed by atoms with Crippen molar-refractivity contribution >= 4 is 52.3 Å². The lowest BCUT2D eigenvalue weighted by Gasteiger charge is -2.26. The number of carbonyl (C=O) groups is 2. The maximum atomic E-state index is 14.1. The number of hydrogen-bond acceptors (Lipinski definition) is 12. The average Bonchev–Trinajstić information content (AvgIpc) is 3.25. The predicted molar refractivity (Wildman–Crippen MR) is 267 cm³/mol. The summed E-state index contributed by atoms with van der Waals surface area (Å²) in [6.45, 7) is 13.5. The van der Waals surface area contributed by atoms with Crippen molar-refractivity contribution in [1.82, 2.24) is 17.2 Å². The van der Waals surface area contributed by atoms with E-state index in [1.807, 2.05) is 0 Å². The maximum absolute atomic E-state index is 14.1. The van der Waals surface area contributed by atoms with E-state index in [1.54, 1.807) is 118 Å². The monoisotopic (exact) mass is 1040 g/mol. The molecule has 0 fully saturated rings. The lowest BCUT2D eigenvalue weighted by atomic mass is 10.2. The number of rotatable bonds is 16. The molecule has 70 heavy (non-hydrogen) atoms. The third-order valence-corrected chi connectivity index (χ3v) is 16.8. The smallest absolute Gasteiger partial charge is 0.425 e. The minimum absolute atomic E-state index is 0.0747. The Labute approximate surface area is 414 Å². The molecular weight excluding hydrogens is 977 g/mol. The van der Waals surface area contributed by atoms with Crippen molar-refractivity contribution in [2.45, 2.75) is 100 Å². The van der Waals surface area contributed by atoms with Gasteiger partial charge in [0, 0.05) is 6.54 Å². The van der Waals surface area contributed by atoms with E-state index in [0.29, 0.717) is 8.61 Å². The number of ether oxygens (including phenoxy) is 2. The molecule has 16 nitrogen and oxygen atoms in total. The van der Waals surface area contributed by atoms with E-state index in [1.165, 1.54) is 60.7 Å². The van der Waals surface area contributed by atoms with Crippen LogP contribution in [0.2, 0.25) is 0 Å². The molecule has 20 heteroatoms. The fourth-order valence-electron chi connectivity index (χ4n) is 5.93. The summed E-state index contributed by atoms with van der Waals surface area (Å²) in [5.74, 6) is 10.7. The Balaban J connectivity index is 1.67. The maximum Gasteiger partial charge on any atom is 0.425 e. The Morgan fingerprint density at radius 1 is 0.414 bits per heavy atom. The molecule has 2 amide bonds. The number of hydrogen-bond donors (Lipinski definition) is 0. The van der Waals surface area contributed by atoms with Gasteiger partial charge in [-0.05, 0) is 118 Å². The van der Waals surface area contributed by atoms with Gasteiger partial charge in [0.05, 0.1) is 45.8 Å². The minimum atomic E-state index is -4.48. The molecule has 0 atom stereocenters. The fourth-order valence-corrected chi connectivity index (χ4v) is 10.9. The molecule has 0 aliphatic heterocycles. The SMILES string of the molecule is Cc1ccc(S(=O)(=O)N(CC#CCN(C/C=C/CN(C(=O)OC(C)(C)C)S(=O)(=O)c2ccc(C)cc2)S(=O)(=O)c2ccc(C)cc2)CC#CCN(C(=O)OC(C)(C)C)S(=O)(=O)c2ccc(C)cc2)cc1. The number of nitrogens with zero attached hydrogens (tertiary/aromatic N) is 4. The van der Waals surface area contributed by atoms with Gasteiger partial charge in [0.15, 0.2) is 0 Å². The molecule has 0 heterocycles. The van der Waals surface area contributed by atoms with Crippen LogP contribution in [0.25, 0.3) is 0 Å². The quantitative estimate of drug-likeness (QED) is 0.0796. The van der Waals surface area contributed by atoms with Crippen molar-refractivity contribution in [3.8, 4) is 23.7 Å². The molecule has 4 aromatic rings. The highest BCUT2D eigenvalue weighted by Crippen LogP contribution is 2.23. The topological polar surface area (TPSA) is 202 Å². The van der Waals surface area contributed by atoms with Crippen molar-refractivity contribution in [2.24, 2.45) is 0 Å². The van der Waals surface area contributed by atoms with Crippen LogP contribution in [-0.2, 0) is 49.6 Å². The zero-order chi connectivity index (χ0) is 52.3. The van der Waals surface area contributed by atoms with Crippen LogP contribution in [0, 0.1) is 51.4 Å². The zero-order valence-electron chi connectivity index (χ0n) is 41.0. The predicted octanol–water partition coefficient (Wildman–Crippen LogP) is 7.42. The molecule has 0 saturated heterocycles. The summed E-state index contributed by atoms with van der Waals surface area (Å²) in [4.78, 5) is 26.1. The van der Waals surface area contributed by atoms with Crippen molar-refractivity contribution in [3.63, 3.8) is 0 Å². The third-order valence-electron chi connectivity index (χ3n) is 9.72. The van der Waals surface area contributed by atoms with Gasteiger partial charge in [-0.2, -0.15) is 17.2 Å². The van der Waals surface area contributed by atoms with E-state index in [-0.39, 0.29) is 26.1 Å². The van der Waals surface area contributed by atoms with Crippen LogP contribution in [0.3, 0.4) is 0 Å².